The highest BCUT2D eigenvalue weighted by Crippen LogP contribution is 2.07. The van der Waals surface area contributed by atoms with Crippen LogP contribution in [0, 0.1) is 0 Å². The molecule has 3 rings (SSSR count). The lowest BCUT2D eigenvalue weighted by molar-refractivity contribution is 0.0697. The quantitative estimate of drug-likeness (QED) is 0.718. The van der Waals surface area contributed by atoms with Gasteiger partial charge in [-0.15, -0.1) is 0 Å². The zero-order chi connectivity index (χ0) is 13.5. The second-order valence-corrected chi connectivity index (χ2v) is 3.87. The van der Waals surface area contributed by atoms with Crippen LogP contribution in [0.2, 0.25) is 0 Å². The Morgan fingerprint density at radius 1 is 0.842 bits per heavy atom. The van der Waals surface area contributed by atoms with Crippen molar-refractivity contribution < 1.29 is 9.90 Å². The van der Waals surface area contributed by atoms with Crippen LogP contribution in [0.3, 0.4) is 0 Å². The Hall–Kier alpha value is -2.68. The molecular weight excluding hydrogens is 238 g/mol. The van der Waals surface area contributed by atoms with Gasteiger partial charge in [0.15, 0.2) is 0 Å². The van der Waals surface area contributed by atoms with Gasteiger partial charge in [-0.25, -0.2) is 4.79 Å². The maximum absolute atomic E-state index is 10.2. The molecule has 0 aliphatic heterocycles. The lowest BCUT2D eigenvalue weighted by atomic mass is 10.2. The van der Waals surface area contributed by atoms with E-state index in [1.54, 1.807) is 30.3 Å². The number of pyridine rings is 1. The molecular formula is C16H13NO2. The molecule has 0 amide bonds. The predicted octanol–water partition coefficient (Wildman–Crippen LogP) is 3.62. The van der Waals surface area contributed by atoms with Crippen molar-refractivity contribution in [2.45, 2.75) is 0 Å². The highest BCUT2D eigenvalue weighted by atomic mass is 16.4. The Labute approximate surface area is 111 Å². The standard InChI is InChI=1S/C9H7N.C7H6O2/c1-2-6-9-8(4-1)5-3-7-10-9;8-7(9)6-4-2-1-3-5-6/h1-7H;1-5H,(H,8,9). The molecule has 0 aliphatic carbocycles. The Morgan fingerprint density at radius 2 is 1.47 bits per heavy atom. The van der Waals surface area contributed by atoms with Gasteiger partial charge in [-0.2, -0.15) is 0 Å². The largest absolute Gasteiger partial charge is 0.478 e. The summed E-state index contributed by atoms with van der Waals surface area (Å²) < 4.78 is 0. The van der Waals surface area contributed by atoms with Crippen molar-refractivity contribution in [1.82, 2.24) is 4.98 Å². The van der Waals surface area contributed by atoms with Crippen molar-refractivity contribution in [1.29, 1.82) is 0 Å². The van der Waals surface area contributed by atoms with Crippen molar-refractivity contribution in [3.8, 4) is 0 Å². The highest BCUT2D eigenvalue weighted by Gasteiger charge is 1.96. The lowest BCUT2D eigenvalue weighted by Crippen LogP contribution is -1.93. The van der Waals surface area contributed by atoms with Gasteiger partial charge in [-0.3, -0.25) is 4.98 Å². The van der Waals surface area contributed by atoms with Crippen molar-refractivity contribution in [3.63, 3.8) is 0 Å². The molecule has 0 saturated heterocycles. The van der Waals surface area contributed by atoms with E-state index >= 15 is 0 Å². The summed E-state index contributed by atoms with van der Waals surface area (Å²) in [6.07, 6.45) is 1.81. The number of aromatic nitrogens is 1. The maximum Gasteiger partial charge on any atom is 0.335 e. The van der Waals surface area contributed by atoms with E-state index < -0.39 is 5.97 Å². The minimum absolute atomic E-state index is 0.331. The SMILES string of the molecule is O=C(O)c1ccccc1.c1ccc2ncccc2c1. The molecule has 0 radical (unpaired) electrons. The van der Waals surface area contributed by atoms with Crippen LogP contribution in [0.4, 0.5) is 0 Å². The molecule has 1 heterocycles. The van der Waals surface area contributed by atoms with E-state index in [9.17, 15) is 4.79 Å². The number of carboxylic acid groups (broad SMARTS) is 1. The second kappa shape index (κ2) is 6.31. The van der Waals surface area contributed by atoms with Crippen LogP contribution in [-0.4, -0.2) is 16.1 Å². The predicted molar refractivity (Wildman–Crippen MR) is 75.1 cm³/mol. The lowest BCUT2D eigenvalue weighted by Gasteiger charge is -1.91. The number of hydrogen-bond donors (Lipinski definition) is 1. The molecule has 3 nitrogen and oxygen atoms in total. The number of carbonyl (C=O) groups is 1. The van der Waals surface area contributed by atoms with Crippen LogP contribution >= 0.6 is 0 Å². The topological polar surface area (TPSA) is 50.2 Å². The van der Waals surface area contributed by atoms with E-state index in [-0.39, 0.29) is 0 Å². The summed E-state index contributed by atoms with van der Waals surface area (Å²) in [5.74, 6) is -0.879. The number of nitrogens with zero attached hydrogens (tertiary/aromatic N) is 1. The van der Waals surface area contributed by atoms with Crippen LogP contribution in [0.15, 0.2) is 72.9 Å². The molecule has 0 fully saturated rings. The molecule has 2 aromatic carbocycles. The first kappa shape index (κ1) is 12.8. The second-order valence-electron chi connectivity index (χ2n) is 3.87. The molecule has 1 N–H and O–H groups in total. The van der Waals surface area contributed by atoms with E-state index in [1.165, 1.54) is 5.39 Å². The van der Waals surface area contributed by atoms with Gasteiger partial charge in [-0.05, 0) is 24.3 Å². The number of para-hydroxylation sites is 1. The van der Waals surface area contributed by atoms with E-state index in [4.69, 9.17) is 5.11 Å². The molecule has 0 bridgehead atoms. The minimum atomic E-state index is -0.879. The minimum Gasteiger partial charge on any atom is -0.478 e. The third kappa shape index (κ3) is 3.64. The fourth-order valence-corrected chi connectivity index (χ4v) is 1.60. The summed E-state index contributed by atoms with van der Waals surface area (Å²) in [6, 6.07) is 20.4. The van der Waals surface area contributed by atoms with Crippen molar-refractivity contribution in [3.05, 3.63) is 78.5 Å². The molecule has 0 aliphatic rings. The molecule has 94 valence electrons. The van der Waals surface area contributed by atoms with Gasteiger partial charge in [0.1, 0.15) is 0 Å². The zero-order valence-electron chi connectivity index (χ0n) is 10.2. The summed E-state index contributed by atoms with van der Waals surface area (Å²) in [4.78, 5) is 14.4. The number of rotatable bonds is 1. The molecule has 3 heteroatoms. The number of fused-ring (bicyclic) bond motifs is 1. The number of aromatic carboxylic acids is 1. The summed E-state index contributed by atoms with van der Waals surface area (Å²) in [7, 11) is 0. The summed E-state index contributed by atoms with van der Waals surface area (Å²) in [5, 5.41) is 9.58. The van der Waals surface area contributed by atoms with Gasteiger partial charge in [0.2, 0.25) is 0 Å². The monoisotopic (exact) mass is 251 g/mol. The van der Waals surface area contributed by atoms with Crippen LogP contribution < -0.4 is 0 Å². The van der Waals surface area contributed by atoms with Gasteiger partial charge in [0, 0.05) is 11.6 Å². The van der Waals surface area contributed by atoms with Gasteiger partial charge in [0.05, 0.1) is 11.1 Å². The number of hydrogen-bond acceptors (Lipinski definition) is 2. The molecule has 19 heavy (non-hydrogen) atoms. The first-order valence-corrected chi connectivity index (χ1v) is 5.85. The van der Waals surface area contributed by atoms with E-state index in [2.05, 4.69) is 17.1 Å². The average molecular weight is 251 g/mol. The summed E-state index contributed by atoms with van der Waals surface area (Å²) in [5.41, 5.74) is 1.39. The number of carboxylic acids is 1. The molecule has 0 atom stereocenters. The maximum atomic E-state index is 10.2. The fourth-order valence-electron chi connectivity index (χ4n) is 1.60. The highest BCUT2D eigenvalue weighted by molar-refractivity contribution is 5.87. The molecule has 0 saturated carbocycles. The third-order valence-electron chi connectivity index (χ3n) is 2.53. The molecule has 0 spiro atoms. The normalized spacial score (nSPS) is 9.47. The van der Waals surface area contributed by atoms with Gasteiger partial charge < -0.3 is 5.11 Å². The number of benzene rings is 2. The van der Waals surface area contributed by atoms with E-state index in [0.717, 1.165) is 5.52 Å². The van der Waals surface area contributed by atoms with Crippen molar-refractivity contribution >= 4 is 16.9 Å². The molecule has 1 aromatic heterocycles. The van der Waals surface area contributed by atoms with Gasteiger partial charge in [-0.1, -0.05) is 42.5 Å². The van der Waals surface area contributed by atoms with Crippen molar-refractivity contribution in [2.24, 2.45) is 0 Å². The van der Waals surface area contributed by atoms with E-state index in [1.807, 2.05) is 30.5 Å². The van der Waals surface area contributed by atoms with Crippen molar-refractivity contribution in [2.75, 3.05) is 0 Å². The Morgan fingerprint density at radius 3 is 2.11 bits per heavy atom. The van der Waals surface area contributed by atoms with Crippen LogP contribution in [0.5, 0.6) is 0 Å². The Bertz CT molecular complexity index is 600. The smallest absolute Gasteiger partial charge is 0.335 e. The zero-order valence-corrected chi connectivity index (χ0v) is 10.2. The first-order valence-electron chi connectivity index (χ1n) is 5.85. The Balaban J connectivity index is 0.000000141. The van der Waals surface area contributed by atoms with E-state index in [0.29, 0.717) is 5.56 Å². The summed E-state index contributed by atoms with van der Waals surface area (Å²) in [6.45, 7) is 0. The van der Waals surface area contributed by atoms with Crippen LogP contribution in [0.1, 0.15) is 10.4 Å². The molecule has 3 aromatic rings. The first-order chi connectivity index (χ1) is 9.27. The Kier molecular flexibility index (Phi) is 4.24. The van der Waals surface area contributed by atoms with Crippen LogP contribution in [0.25, 0.3) is 10.9 Å². The van der Waals surface area contributed by atoms with Gasteiger partial charge in [0.25, 0.3) is 0 Å². The van der Waals surface area contributed by atoms with Crippen LogP contribution in [-0.2, 0) is 0 Å². The fraction of sp³-hybridized carbons (Fsp3) is 0. The van der Waals surface area contributed by atoms with Gasteiger partial charge >= 0.3 is 5.97 Å². The summed E-state index contributed by atoms with van der Waals surface area (Å²) >= 11 is 0. The molecule has 0 unspecified atom stereocenters. The third-order valence-corrected chi connectivity index (χ3v) is 2.53. The average Bonchev–Trinajstić information content (AvgIpc) is 2.49.